The van der Waals surface area contributed by atoms with Crippen LogP contribution in [-0.2, 0) is 13.6 Å². The van der Waals surface area contributed by atoms with Crippen molar-refractivity contribution in [3.05, 3.63) is 41.7 Å². The first-order chi connectivity index (χ1) is 7.22. The molecule has 0 saturated carbocycles. The summed E-state index contributed by atoms with van der Waals surface area (Å²) in [6, 6.07) is 8.28. The molecule has 2 rings (SSSR count). The van der Waals surface area contributed by atoms with E-state index in [9.17, 15) is 0 Å². The second-order valence-corrected chi connectivity index (χ2v) is 3.68. The minimum atomic E-state index is 0.477. The highest BCUT2D eigenvalue weighted by atomic mass is 15.3. The number of hydrogen-bond donors (Lipinski definition) is 1. The fourth-order valence-electron chi connectivity index (χ4n) is 1.79. The van der Waals surface area contributed by atoms with Crippen LogP contribution in [0.3, 0.4) is 0 Å². The maximum absolute atomic E-state index is 5.68. The van der Waals surface area contributed by atoms with Crippen LogP contribution in [0.15, 0.2) is 30.5 Å². The summed E-state index contributed by atoms with van der Waals surface area (Å²) in [5.74, 6) is 0. The van der Waals surface area contributed by atoms with Gasteiger partial charge in [0.15, 0.2) is 0 Å². The number of nitrogens with zero attached hydrogens (tertiary/aromatic N) is 2. The number of rotatable bonds is 2. The molecule has 2 aromatic rings. The molecule has 0 radical (unpaired) electrons. The van der Waals surface area contributed by atoms with Gasteiger partial charge >= 0.3 is 0 Å². The molecule has 1 heterocycles. The first kappa shape index (κ1) is 9.93. The van der Waals surface area contributed by atoms with Crippen LogP contribution >= 0.6 is 0 Å². The Bertz CT molecular complexity index is 471. The second kappa shape index (κ2) is 3.87. The highest BCUT2D eigenvalue weighted by Gasteiger charge is 2.09. The largest absolute Gasteiger partial charge is 0.325 e. The standard InChI is InChI=1S/C12H15N3/c1-9-5-3-4-6-10(9)11-8-15(2)14-12(11)7-13/h3-6,8H,7,13H2,1-2H3. The van der Waals surface area contributed by atoms with E-state index in [2.05, 4.69) is 24.2 Å². The van der Waals surface area contributed by atoms with Gasteiger partial charge < -0.3 is 5.73 Å². The molecule has 0 aliphatic rings. The van der Waals surface area contributed by atoms with Crippen molar-refractivity contribution in [2.45, 2.75) is 13.5 Å². The number of hydrogen-bond acceptors (Lipinski definition) is 2. The summed E-state index contributed by atoms with van der Waals surface area (Å²) < 4.78 is 1.81. The van der Waals surface area contributed by atoms with Crippen molar-refractivity contribution in [1.82, 2.24) is 9.78 Å². The van der Waals surface area contributed by atoms with E-state index in [-0.39, 0.29) is 0 Å². The molecule has 1 aromatic heterocycles. The van der Waals surface area contributed by atoms with Crippen molar-refractivity contribution in [3.63, 3.8) is 0 Å². The van der Waals surface area contributed by atoms with Crippen LogP contribution in [0.1, 0.15) is 11.3 Å². The van der Waals surface area contributed by atoms with Crippen molar-refractivity contribution < 1.29 is 0 Å². The first-order valence-corrected chi connectivity index (χ1v) is 5.01. The number of aromatic nitrogens is 2. The normalized spacial score (nSPS) is 10.6. The van der Waals surface area contributed by atoms with Gasteiger partial charge in [-0.15, -0.1) is 0 Å². The smallest absolute Gasteiger partial charge is 0.0838 e. The quantitative estimate of drug-likeness (QED) is 0.806. The Hall–Kier alpha value is -1.61. The molecule has 0 unspecified atom stereocenters. The van der Waals surface area contributed by atoms with Crippen molar-refractivity contribution in [1.29, 1.82) is 0 Å². The number of nitrogens with two attached hydrogens (primary N) is 1. The van der Waals surface area contributed by atoms with E-state index in [0.29, 0.717) is 6.54 Å². The van der Waals surface area contributed by atoms with Gasteiger partial charge in [-0.3, -0.25) is 4.68 Å². The summed E-state index contributed by atoms with van der Waals surface area (Å²) >= 11 is 0. The molecule has 15 heavy (non-hydrogen) atoms. The average molecular weight is 201 g/mol. The van der Waals surface area contributed by atoms with Crippen LogP contribution in [-0.4, -0.2) is 9.78 Å². The van der Waals surface area contributed by atoms with Gasteiger partial charge in [0.05, 0.1) is 5.69 Å². The zero-order valence-corrected chi connectivity index (χ0v) is 9.07. The lowest BCUT2D eigenvalue weighted by atomic mass is 10.0. The Morgan fingerprint density at radius 3 is 2.67 bits per heavy atom. The van der Waals surface area contributed by atoms with Gasteiger partial charge in [-0.05, 0) is 18.1 Å². The van der Waals surface area contributed by atoms with Gasteiger partial charge in [-0.1, -0.05) is 24.3 Å². The lowest BCUT2D eigenvalue weighted by Gasteiger charge is -2.03. The van der Waals surface area contributed by atoms with Crippen LogP contribution in [0, 0.1) is 6.92 Å². The van der Waals surface area contributed by atoms with Crippen molar-refractivity contribution in [2.24, 2.45) is 12.8 Å². The van der Waals surface area contributed by atoms with Gasteiger partial charge in [-0.25, -0.2) is 0 Å². The fourth-order valence-corrected chi connectivity index (χ4v) is 1.79. The lowest BCUT2D eigenvalue weighted by Crippen LogP contribution is -2.00. The lowest BCUT2D eigenvalue weighted by molar-refractivity contribution is 0.742. The fraction of sp³-hybridized carbons (Fsp3) is 0.250. The highest BCUT2D eigenvalue weighted by molar-refractivity contribution is 5.68. The van der Waals surface area contributed by atoms with E-state index in [4.69, 9.17) is 5.73 Å². The predicted molar refractivity (Wildman–Crippen MR) is 61.3 cm³/mol. The summed E-state index contributed by atoms with van der Waals surface area (Å²) in [6.07, 6.45) is 2.02. The monoisotopic (exact) mass is 201 g/mol. The van der Waals surface area contributed by atoms with Crippen molar-refractivity contribution in [3.8, 4) is 11.1 Å². The SMILES string of the molecule is Cc1ccccc1-c1cn(C)nc1CN. The van der Waals surface area contributed by atoms with Crippen LogP contribution in [0.4, 0.5) is 0 Å². The molecule has 0 atom stereocenters. The molecule has 1 aromatic carbocycles. The van der Waals surface area contributed by atoms with Gasteiger partial charge in [0.1, 0.15) is 0 Å². The van der Waals surface area contributed by atoms with E-state index in [0.717, 1.165) is 11.3 Å². The van der Waals surface area contributed by atoms with Gasteiger partial charge in [0, 0.05) is 25.4 Å². The first-order valence-electron chi connectivity index (χ1n) is 5.01. The summed E-state index contributed by atoms with van der Waals surface area (Å²) in [5, 5.41) is 4.34. The summed E-state index contributed by atoms with van der Waals surface area (Å²) in [7, 11) is 1.92. The summed E-state index contributed by atoms with van der Waals surface area (Å²) in [4.78, 5) is 0. The zero-order chi connectivity index (χ0) is 10.8. The molecule has 0 fully saturated rings. The summed E-state index contributed by atoms with van der Waals surface area (Å²) in [6.45, 7) is 2.58. The Morgan fingerprint density at radius 2 is 2.00 bits per heavy atom. The molecule has 0 saturated heterocycles. The third-order valence-corrected chi connectivity index (χ3v) is 2.53. The third-order valence-electron chi connectivity index (χ3n) is 2.53. The van der Waals surface area contributed by atoms with E-state index < -0.39 is 0 Å². The minimum absolute atomic E-state index is 0.477. The zero-order valence-electron chi connectivity index (χ0n) is 9.07. The predicted octanol–water partition coefficient (Wildman–Crippen LogP) is 1.85. The molecule has 2 N–H and O–H groups in total. The van der Waals surface area contributed by atoms with Crippen LogP contribution in [0.25, 0.3) is 11.1 Å². The van der Waals surface area contributed by atoms with Crippen molar-refractivity contribution in [2.75, 3.05) is 0 Å². The van der Waals surface area contributed by atoms with Crippen LogP contribution in [0.2, 0.25) is 0 Å². The van der Waals surface area contributed by atoms with Crippen LogP contribution < -0.4 is 5.73 Å². The Balaban J connectivity index is 2.58. The second-order valence-electron chi connectivity index (χ2n) is 3.68. The van der Waals surface area contributed by atoms with E-state index in [1.54, 1.807) is 0 Å². The maximum atomic E-state index is 5.68. The molecular formula is C12H15N3. The van der Waals surface area contributed by atoms with Gasteiger partial charge in [0.2, 0.25) is 0 Å². The highest BCUT2D eigenvalue weighted by Crippen LogP contribution is 2.25. The molecule has 0 aliphatic heterocycles. The Kier molecular flexibility index (Phi) is 2.56. The molecule has 3 nitrogen and oxygen atoms in total. The van der Waals surface area contributed by atoms with Gasteiger partial charge in [-0.2, -0.15) is 5.10 Å². The molecule has 0 bridgehead atoms. The maximum Gasteiger partial charge on any atom is 0.0838 e. The molecule has 0 aliphatic carbocycles. The third kappa shape index (κ3) is 1.78. The topological polar surface area (TPSA) is 43.8 Å². The Labute approximate surface area is 89.5 Å². The van der Waals surface area contributed by atoms with Gasteiger partial charge in [0.25, 0.3) is 0 Å². The number of aryl methyl sites for hydroxylation is 2. The molecule has 0 amide bonds. The minimum Gasteiger partial charge on any atom is -0.325 e. The van der Waals surface area contributed by atoms with E-state index >= 15 is 0 Å². The van der Waals surface area contributed by atoms with Crippen molar-refractivity contribution >= 4 is 0 Å². The summed E-state index contributed by atoms with van der Waals surface area (Å²) in [5.41, 5.74) is 10.2. The Morgan fingerprint density at radius 1 is 1.27 bits per heavy atom. The van der Waals surface area contributed by atoms with E-state index in [1.165, 1.54) is 11.1 Å². The number of benzene rings is 1. The molecule has 78 valence electrons. The average Bonchev–Trinajstić information content (AvgIpc) is 2.60. The van der Waals surface area contributed by atoms with Crippen LogP contribution in [0.5, 0.6) is 0 Å². The van der Waals surface area contributed by atoms with E-state index in [1.807, 2.05) is 30.1 Å². The molecule has 0 spiro atoms. The molecule has 3 heteroatoms. The molecular weight excluding hydrogens is 186 g/mol.